The van der Waals surface area contributed by atoms with Gasteiger partial charge in [0.25, 0.3) is 11.7 Å². The summed E-state index contributed by atoms with van der Waals surface area (Å²) < 4.78 is 0. The number of hydrogen-bond donors (Lipinski definition) is 1. The van der Waals surface area contributed by atoms with E-state index >= 15 is 0 Å². The third kappa shape index (κ3) is 3.78. The smallest absolute Gasteiger partial charge is 0.300 e. The van der Waals surface area contributed by atoms with Gasteiger partial charge < -0.3 is 10.0 Å². The number of ketones is 1. The van der Waals surface area contributed by atoms with Crippen molar-refractivity contribution < 1.29 is 14.7 Å². The van der Waals surface area contributed by atoms with Crippen molar-refractivity contribution in [1.29, 1.82) is 0 Å². The third-order valence-corrected chi connectivity index (χ3v) is 5.77. The number of rotatable bonds is 4. The van der Waals surface area contributed by atoms with Crippen molar-refractivity contribution in [2.75, 3.05) is 23.9 Å². The van der Waals surface area contributed by atoms with E-state index in [0.717, 1.165) is 22.4 Å². The summed E-state index contributed by atoms with van der Waals surface area (Å²) in [4.78, 5) is 29.9. The second-order valence-corrected chi connectivity index (χ2v) is 8.36. The molecule has 1 aliphatic heterocycles. The number of aliphatic hydroxyl groups is 1. The van der Waals surface area contributed by atoms with E-state index in [0.29, 0.717) is 11.3 Å². The Kier molecular flexibility index (Phi) is 5.57. The number of aryl methyl sites for hydroxylation is 2. The van der Waals surface area contributed by atoms with Gasteiger partial charge >= 0.3 is 0 Å². The van der Waals surface area contributed by atoms with E-state index in [1.807, 2.05) is 93.5 Å². The zero-order chi connectivity index (χ0) is 23.0. The van der Waals surface area contributed by atoms with Gasteiger partial charge in [-0.15, -0.1) is 0 Å². The first-order valence-corrected chi connectivity index (χ1v) is 10.5. The molecule has 1 N–H and O–H groups in total. The molecule has 5 nitrogen and oxygen atoms in total. The van der Waals surface area contributed by atoms with E-state index in [9.17, 15) is 14.7 Å². The fraction of sp³-hybridized carbons (Fsp3) is 0.185. The van der Waals surface area contributed by atoms with Crippen molar-refractivity contribution in [3.05, 3.63) is 101 Å². The summed E-state index contributed by atoms with van der Waals surface area (Å²) in [7, 11) is 3.90. The van der Waals surface area contributed by atoms with E-state index in [1.54, 1.807) is 12.1 Å². The maximum atomic E-state index is 13.2. The van der Waals surface area contributed by atoms with Crippen LogP contribution in [-0.4, -0.2) is 30.9 Å². The summed E-state index contributed by atoms with van der Waals surface area (Å²) >= 11 is 0. The summed E-state index contributed by atoms with van der Waals surface area (Å²) in [6, 6.07) is 21.7. The molecule has 1 fully saturated rings. The van der Waals surface area contributed by atoms with Crippen LogP contribution in [0.4, 0.5) is 11.4 Å². The number of carbonyl (C=O) groups is 2. The molecule has 0 spiro atoms. The standard InChI is InChI=1S/C27H26N2O3/c1-17-8-10-20(11-9-17)25(30)23-24(19-12-14-21(15-13-19)28(3)4)29(27(32)26(23)31)22-7-5-6-18(2)16-22/h5-16,24,30H,1-4H3/b25-23+. The van der Waals surface area contributed by atoms with Crippen LogP contribution in [0, 0.1) is 13.8 Å². The summed E-state index contributed by atoms with van der Waals surface area (Å²) in [6.45, 7) is 3.89. The summed E-state index contributed by atoms with van der Waals surface area (Å²) in [5.74, 6) is -1.50. The Morgan fingerprint density at radius 1 is 0.875 bits per heavy atom. The fourth-order valence-corrected chi connectivity index (χ4v) is 4.01. The highest BCUT2D eigenvalue weighted by atomic mass is 16.3. The van der Waals surface area contributed by atoms with Crippen molar-refractivity contribution in [2.24, 2.45) is 0 Å². The Hall–Kier alpha value is -3.86. The minimum absolute atomic E-state index is 0.0953. The molecule has 1 saturated heterocycles. The van der Waals surface area contributed by atoms with E-state index in [1.165, 1.54) is 4.90 Å². The molecular weight excluding hydrogens is 400 g/mol. The number of benzene rings is 3. The van der Waals surface area contributed by atoms with Crippen LogP contribution in [0.15, 0.2) is 78.4 Å². The van der Waals surface area contributed by atoms with Gasteiger partial charge in [-0.05, 0) is 49.2 Å². The largest absolute Gasteiger partial charge is 0.507 e. The molecule has 0 saturated carbocycles. The molecule has 3 aromatic rings. The van der Waals surface area contributed by atoms with Crippen LogP contribution in [0.5, 0.6) is 0 Å². The van der Waals surface area contributed by atoms with Crippen LogP contribution in [-0.2, 0) is 9.59 Å². The predicted octanol–water partition coefficient (Wildman–Crippen LogP) is 5.00. The van der Waals surface area contributed by atoms with Crippen molar-refractivity contribution in [3.63, 3.8) is 0 Å². The van der Waals surface area contributed by atoms with E-state index in [2.05, 4.69) is 0 Å². The molecule has 162 valence electrons. The van der Waals surface area contributed by atoms with Gasteiger partial charge in [0.2, 0.25) is 0 Å². The predicted molar refractivity (Wildman–Crippen MR) is 128 cm³/mol. The fourth-order valence-electron chi connectivity index (χ4n) is 4.01. The van der Waals surface area contributed by atoms with Crippen molar-refractivity contribution in [2.45, 2.75) is 19.9 Å². The Bertz CT molecular complexity index is 1210. The minimum Gasteiger partial charge on any atom is -0.507 e. The van der Waals surface area contributed by atoms with Gasteiger partial charge in [-0.25, -0.2) is 0 Å². The topological polar surface area (TPSA) is 60.9 Å². The number of Topliss-reactive ketones (excluding diaryl/α,β-unsaturated/α-hetero) is 1. The zero-order valence-corrected chi connectivity index (χ0v) is 18.7. The minimum atomic E-state index is -0.727. The number of amides is 1. The summed E-state index contributed by atoms with van der Waals surface area (Å²) in [5, 5.41) is 11.2. The van der Waals surface area contributed by atoms with E-state index in [4.69, 9.17) is 0 Å². The Morgan fingerprint density at radius 3 is 2.12 bits per heavy atom. The molecule has 5 heteroatoms. The monoisotopic (exact) mass is 426 g/mol. The van der Waals surface area contributed by atoms with Crippen LogP contribution >= 0.6 is 0 Å². The molecule has 0 bridgehead atoms. The molecule has 0 aliphatic carbocycles. The van der Waals surface area contributed by atoms with Gasteiger partial charge in [0.15, 0.2) is 0 Å². The Morgan fingerprint density at radius 2 is 1.53 bits per heavy atom. The quantitative estimate of drug-likeness (QED) is 0.363. The highest BCUT2D eigenvalue weighted by Crippen LogP contribution is 2.42. The number of carbonyl (C=O) groups excluding carboxylic acids is 2. The van der Waals surface area contributed by atoms with Crippen LogP contribution in [0.25, 0.3) is 5.76 Å². The second-order valence-electron chi connectivity index (χ2n) is 8.36. The summed E-state index contributed by atoms with van der Waals surface area (Å²) in [5.41, 5.74) is 4.99. The maximum absolute atomic E-state index is 13.2. The van der Waals surface area contributed by atoms with Crippen LogP contribution in [0.2, 0.25) is 0 Å². The first-order valence-electron chi connectivity index (χ1n) is 10.5. The molecule has 1 atom stereocenters. The van der Waals surface area contributed by atoms with Gasteiger partial charge in [0.05, 0.1) is 11.6 Å². The lowest BCUT2D eigenvalue weighted by Crippen LogP contribution is -2.29. The number of anilines is 2. The highest BCUT2D eigenvalue weighted by Gasteiger charge is 2.46. The average Bonchev–Trinajstić information content (AvgIpc) is 3.04. The lowest BCUT2D eigenvalue weighted by atomic mass is 9.94. The van der Waals surface area contributed by atoms with Gasteiger partial charge in [-0.1, -0.05) is 54.1 Å². The van der Waals surface area contributed by atoms with E-state index in [-0.39, 0.29) is 11.3 Å². The lowest BCUT2D eigenvalue weighted by Gasteiger charge is -2.26. The van der Waals surface area contributed by atoms with Crippen molar-refractivity contribution >= 4 is 28.8 Å². The van der Waals surface area contributed by atoms with Gasteiger partial charge in [-0.3, -0.25) is 14.5 Å². The number of nitrogens with zero attached hydrogens (tertiary/aromatic N) is 2. The van der Waals surface area contributed by atoms with Crippen LogP contribution in [0.1, 0.15) is 28.3 Å². The third-order valence-electron chi connectivity index (χ3n) is 5.77. The van der Waals surface area contributed by atoms with Crippen molar-refractivity contribution in [1.82, 2.24) is 0 Å². The molecule has 1 aliphatic rings. The number of aliphatic hydroxyl groups excluding tert-OH is 1. The van der Waals surface area contributed by atoms with Gasteiger partial charge in [-0.2, -0.15) is 0 Å². The first-order chi connectivity index (χ1) is 15.3. The lowest BCUT2D eigenvalue weighted by molar-refractivity contribution is -0.132. The Labute approximate surface area is 188 Å². The Balaban J connectivity index is 1.93. The first kappa shape index (κ1) is 21.4. The van der Waals surface area contributed by atoms with Crippen LogP contribution in [0.3, 0.4) is 0 Å². The number of hydrogen-bond acceptors (Lipinski definition) is 4. The molecule has 0 radical (unpaired) electrons. The molecular formula is C27H26N2O3. The molecule has 1 amide bonds. The molecule has 3 aromatic carbocycles. The SMILES string of the molecule is Cc1ccc(/C(O)=C2\C(=O)C(=O)N(c3cccc(C)c3)C2c2ccc(N(C)C)cc2)cc1. The normalized spacial score (nSPS) is 17.6. The molecule has 1 unspecified atom stereocenters. The van der Waals surface area contributed by atoms with Crippen molar-refractivity contribution in [3.8, 4) is 0 Å². The molecule has 1 heterocycles. The van der Waals surface area contributed by atoms with E-state index < -0.39 is 17.7 Å². The zero-order valence-electron chi connectivity index (χ0n) is 18.7. The molecule has 32 heavy (non-hydrogen) atoms. The average molecular weight is 427 g/mol. The van der Waals surface area contributed by atoms with Gasteiger partial charge in [0.1, 0.15) is 5.76 Å². The summed E-state index contributed by atoms with van der Waals surface area (Å²) in [6.07, 6.45) is 0. The molecule has 4 rings (SSSR count). The second kappa shape index (κ2) is 8.35. The van der Waals surface area contributed by atoms with Crippen LogP contribution < -0.4 is 9.80 Å². The van der Waals surface area contributed by atoms with Gasteiger partial charge in [0, 0.05) is 31.0 Å². The highest BCUT2D eigenvalue weighted by molar-refractivity contribution is 6.51. The maximum Gasteiger partial charge on any atom is 0.300 e. The molecule has 0 aromatic heterocycles.